The fraction of sp³-hybridized carbons (Fsp3) is 0.400. The molecule has 0 bridgehead atoms. The van der Waals surface area contributed by atoms with Crippen LogP contribution in [-0.4, -0.2) is 43.4 Å². The van der Waals surface area contributed by atoms with E-state index in [1.54, 1.807) is 0 Å². The third-order valence-corrected chi connectivity index (χ3v) is 0.346. The number of hydrogen-bond donors (Lipinski definition) is 6. The molecule has 0 aliphatic carbocycles. The van der Waals surface area contributed by atoms with E-state index in [4.69, 9.17) is 50.5 Å². The molecule has 0 rings (SSSR count). The molecule has 0 atom stereocenters. The van der Waals surface area contributed by atoms with Gasteiger partial charge in [-0.25, -0.2) is 0 Å². The van der Waals surface area contributed by atoms with E-state index in [-0.39, 0.29) is 5.96 Å². The van der Waals surface area contributed by atoms with E-state index in [2.05, 4.69) is 4.99 Å². The Morgan fingerprint density at radius 2 is 1.47 bits per heavy atom. The van der Waals surface area contributed by atoms with Gasteiger partial charge in [-0.3, -0.25) is 9.11 Å². The Balaban J connectivity index is -0.0000000705. The molecular formula is C5H16N6O5S. The van der Waals surface area contributed by atoms with Crippen LogP contribution >= 0.6 is 0 Å². The summed E-state index contributed by atoms with van der Waals surface area (Å²) >= 11 is 0. The predicted octanol–water partition coefficient (Wildman–Crippen LogP) is -3.19. The molecule has 11 nitrogen and oxygen atoms in total. The van der Waals surface area contributed by atoms with Gasteiger partial charge in [0.1, 0.15) is 6.79 Å². The van der Waals surface area contributed by atoms with Crippen molar-refractivity contribution in [2.24, 2.45) is 27.9 Å². The molecule has 0 amide bonds. The van der Waals surface area contributed by atoms with Crippen LogP contribution in [0.4, 0.5) is 0 Å². The van der Waals surface area contributed by atoms with E-state index in [1.165, 1.54) is 6.19 Å². The normalized spacial score (nSPS) is 7.47. The molecule has 0 radical (unpaired) electrons. The summed E-state index contributed by atoms with van der Waals surface area (Å²) in [6.07, 6.45) is 1.41. The Hall–Kier alpha value is -1.78. The number of nitrogens with zero attached hydrogens (tertiary/aromatic N) is 2. The second kappa shape index (κ2) is 19.7. The number of nitriles is 1. The van der Waals surface area contributed by atoms with Crippen molar-refractivity contribution in [2.45, 2.75) is 0 Å². The molecule has 0 aliphatic heterocycles. The highest BCUT2D eigenvalue weighted by molar-refractivity contribution is 7.79. The van der Waals surface area contributed by atoms with Gasteiger partial charge in [0.2, 0.25) is 12.2 Å². The summed E-state index contributed by atoms with van der Waals surface area (Å²) < 4.78 is 31.6. The summed E-state index contributed by atoms with van der Waals surface area (Å²) in [6, 6.07) is 0. The standard InChI is InChI=1S/C2H4N4.C2H8N2.CH2O.H2O4S/c3-1-6-2(4)5;3-1-2-4;1-2;1-5(2,3)4/h(H4,4,5,6);1-4H2;1H2;(H2,1,2,3,4). The Bertz CT molecular complexity index is 295. The van der Waals surface area contributed by atoms with Crippen molar-refractivity contribution < 1.29 is 22.3 Å². The van der Waals surface area contributed by atoms with Crippen molar-refractivity contribution in [1.82, 2.24) is 0 Å². The lowest BCUT2D eigenvalue weighted by atomic mass is 10.7. The highest BCUT2D eigenvalue weighted by atomic mass is 32.3. The SMILES string of the molecule is C=O.N#CN=C(N)N.NCCN.O=S(=O)(O)O. The molecule has 0 aromatic rings. The fourth-order valence-corrected chi connectivity index (χ4v) is 0.0577. The van der Waals surface area contributed by atoms with E-state index >= 15 is 0 Å². The number of nitrogens with two attached hydrogens (primary N) is 4. The van der Waals surface area contributed by atoms with Gasteiger partial charge in [-0.2, -0.15) is 13.7 Å². The second-order valence-corrected chi connectivity index (χ2v) is 2.56. The highest BCUT2D eigenvalue weighted by Crippen LogP contribution is 1.59. The van der Waals surface area contributed by atoms with Gasteiger partial charge in [0.15, 0.2) is 0 Å². The van der Waals surface area contributed by atoms with Crippen LogP contribution in [0.1, 0.15) is 0 Å². The van der Waals surface area contributed by atoms with Crippen molar-refractivity contribution in [3.05, 3.63) is 0 Å². The summed E-state index contributed by atoms with van der Waals surface area (Å²) in [5.41, 5.74) is 19.2. The molecule has 0 aromatic carbocycles. The van der Waals surface area contributed by atoms with E-state index in [9.17, 15) is 0 Å². The second-order valence-electron chi connectivity index (χ2n) is 1.66. The maximum atomic E-state index is 8.74. The molecule has 17 heavy (non-hydrogen) atoms. The van der Waals surface area contributed by atoms with Gasteiger partial charge in [-0.15, -0.1) is 4.99 Å². The molecule has 10 N–H and O–H groups in total. The Morgan fingerprint density at radius 1 is 1.24 bits per heavy atom. The Morgan fingerprint density at radius 3 is 1.47 bits per heavy atom. The van der Waals surface area contributed by atoms with Crippen LogP contribution in [0, 0.1) is 11.5 Å². The maximum Gasteiger partial charge on any atom is 0.394 e. The summed E-state index contributed by atoms with van der Waals surface area (Å²) in [4.78, 5) is 10.9. The van der Waals surface area contributed by atoms with E-state index in [1.807, 2.05) is 6.79 Å². The zero-order valence-corrected chi connectivity index (χ0v) is 9.67. The molecule has 0 spiro atoms. The van der Waals surface area contributed by atoms with Gasteiger partial charge in [-0.1, -0.05) is 0 Å². The molecule has 0 fully saturated rings. The van der Waals surface area contributed by atoms with Crippen LogP contribution in [0.3, 0.4) is 0 Å². The number of guanidine groups is 1. The largest absolute Gasteiger partial charge is 0.394 e. The topological polar surface area (TPSA) is 232 Å². The highest BCUT2D eigenvalue weighted by Gasteiger charge is 1.84. The molecule has 0 heterocycles. The van der Waals surface area contributed by atoms with Gasteiger partial charge >= 0.3 is 10.4 Å². The van der Waals surface area contributed by atoms with Gasteiger partial charge in [0.25, 0.3) is 0 Å². The van der Waals surface area contributed by atoms with Crippen molar-refractivity contribution in [1.29, 1.82) is 5.26 Å². The van der Waals surface area contributed by atoms with E-state index < -0.39 is 10.4 Å². The number of carbonyl (C=O) groups excluding carboxylic acids is 1. The molecule has 0 saturated heterocycles. The Kier molecular flexibility index (Phi) is 28.4. The average molecular weight is 272 g/mol. The summed E-state index contributed by atoms with van der Waals surface area (Å²) in [5.74, 6) is -0.197. The summed E-state index contributed by atoms with van der Waals surface area (Å²) in [5, 5.41) is 7.64. The maximum absolute atomic E-state index is 8.74. The number of carbonyl (C=O) groups is 1. The Labute approximate surface area is 98.7 Å². The third-order valence-electron chi connectivity index (χ3n) is 0.346. The lowest BCUT2D eigenvalue weighted by Gasteiger charge is -1.74. The first-order valence-corrected chi connectivity index (χ1v) is 4.95. The number of hydrogen-bond acceptors (Lipinski definition) is 7. The van der Waals surface area contributed by atoms with Crippen molar-refractivity contribution in [3.63, 3.8) is 0 Å². The summed E-state index contributed by atoms with van der Waals surface area (Å²) in [6.45, 7) is 3.19. The molecule has 102 valence electrons. The molecule has 0 aliphatic rings. The van der Waals surface area contributed by atoms with Crippen molar-refractivity contribution in [3.8, 4) is 6.19 Å². The molecular weight excluding hydrogens is 256 g/mol. The minimum atomic E-state index is -4.67. The monoisotopic (exact) mass is 272 g/mol. The lowest BCUT2D eigenvalue weighted by Crippen LogP contribution is -2.21. The van der Waals surface area contributed by atoms with Crippen LogP contribution in [0.15, 0.2) is 4.99 Å². The first kappa shape index (κ1) is 24.4. The minimum absolute atomic E-state index is 0.197. The first-order chi connectivity index (χ1) is 7.68. The zero-order chi connectivity index (χ0) is 14.9. The molecule has 0 saturated carbocycles. The van der Waals surface area contributed by atoms with Crippen LogP contribution in [-0.2, 0) is 15.2 Å². The van der Waals surface area contributed by atoms with Gasteiger partial charge in [-0.05, 0) is 0 Å². The first-order valence-electron chi connectivity index (χ1n) is 3.55. The average Bonchev–Trinajstić information content (AvgIpc) is 2.18. The smallest absolute Gasteiger partial charge is 0.369 e. The van der Waals surface area contributed by atoms with Crippen molar-refractivity contribution in [2.75, 3.05) is 13.1 Å². The van der Waals surface area contributed by atoms with Crippen molar-refractivity contribution >= 4 is 23.1 Å². The van der Waals surface area contributed by atoms with Crippen LogP contribution < -0.4 is 22.9 Å². The third kappa shape index (κ3) is 431. The zero-order valence-electron chi connectivity index (χ0n) is 8.85. The van der Waals surface area contributed by atoms with Crippen LogP contribution in [0.25, 0.3) is 0 Å². The van der Waals surface area contributed by atoms with E-state index in [0.717, 1.165) is 0 Å². The summed E-state index contributed by atoms with van der Waals surface area (Å²) in [7, 11) is -4.67. The lowest BCUT2D eigenvalue weighted by molar-refractivity contribution is -0.0980. The minimum Gasteiger partial charge on any atom is -0.369 e. The van der Waals surface area contributed by atoms with Crippen LogP contribution in [0.5, 0.6) is 0 Å². The number of aliphatic imine (C=N–C) groups is 1. The van der Waals surface area contributed by atoms with Crippen LogP contribution in [0.2, 0.25) is 0 Å². The van der Waals surface area contributed by atoms with Gasteiger partial charge in [0, 0.05) is 13.1 Å². The quantitative estimate of drug-likeness (QED) is 0.121. The van der Waals surface area contributed by atoms with E-state index in [0.29, 0.717) is 13.1 Å². The number of rotatable bonds is 1. The molecule has 12 heteroatoms. The van der Waals surface area contributed by atoms with Gasteiger partial charge in [0.05, 0.1) is 0 Å². The molecule has 0 unspecified atom stereocenters. The fourth-order valence-electron chi connectivity index (χ4n) is 0.0577. The van der Waals surface area contributed by atoms with Gasteiger partial charge < -0.3 is 27.7 Å². The predicted molar refractivity (Wildman–Crippen MR) is 60.8 cm³/mol. The molecule has 0 aromatic heterocycles.